The van der Waals surface area contributed by atoms with Crippen LogP contribution in [0.3, 0.4) is 0 Å². The van der Waals surface area contributed by atoms with Gasteiger partial charge in [-0.05, 0) is 47.9 Å². The highest BCUT2D eigenvalue weighted by atomic mass is 32.2. The van der Waals surface area contributed by atoms with E-state index in [2.05, 4.69) is 6.07 Å². The SMILES string of the molecule is O=C(CSc1nc2ccccc2c(=O)n1Cc1ccc2c(c1)OCO2)N1CCc2ccccc21. The molecule has 6 rings (SSSR count). The Morgan fingerprint density at radius 3 is 2.76 bits per heavy atom. The maximum Gasteiger partial charge on any atom is 0.262 e. The highest BCUT2D eigenvalue weighted by Gasteiger charge is 2.25. The molecule has 2 aliphatic heterocycles. The van der Waals surface area contributed by atoms with Gasteiger partial charge in [0.2, 0.25) is 12.7 Å². The number of hydrogen-bond acceptors (Lipinski definition) is 6. The van der Waals surface area contributed by atoms with Crippen LogP contribution in [-0.4, -0.2) is 34.5 Å². The highest BCUT2D eigenvalue weighted by Crippen LogP contribution is 2.33. The van der Waals surface area contributed by atoms with Crippen molar-refractivity contribution in [2.75, 3.05) is 24.0 Å². The molecule has 0 unspecified atom stereocenters. The first-order chi connectivity index (χ1) is 16.7. The summed E-state index contributed by atoms with van der Waals surface area (Å²) < 4.78 is 12.5. The number of nitrogens with zero attached hydrogens (tertiary/aromatic N) is 3. The van der Waals surface area contributed by atoms with Crippen LogP contribution in [-0.2, 0) is 17.8 Å². The number of rotatable bonds is 5. The largest absolute Gasteiger partial charge is 0.454 e. The number of carbonyl (C=O) groups is 1. The summed E-state index contributed by atoms with van der Waals surface area (Å²) in [6.07, 6.45) is 0.857. The monoisotopic (exact) mass is 471 g/mol. The number of hydrogen-bond donors (Lipinski definition) is 0. The zero-order chi connectivity index (χ0) is 23.1. The standard InChI is InChI=1S/C26H21N3O4S/c30-24(28-12-11-18-5-1-4-8-21(18)28)15-34-26-27-20-7-3-2-6-19(20)25(31)29(26)14-17-9-10-22-23(13-17)33-16-32-22/h1-10,13H,11-12,14-16H2. The molecule has 3 heterocycles. The summed E-state index contributed by atoms with van der Waals surface area (Å²) in [5.74, 6) is 1.56. The number of para-hydroxylation sites is 2. The maximum absolute atomic E-state index is 13.4. The Balaban J connectivity index is 1.31. The van der Waals surface area contributed by atoms with Crippen LogP contribution < -0.4 is 19.9 Å². The van der Waals surface area contributed by atoms with Gasteiger partial charge in [-0.3, -0.25) is 14.2 Å². The smallest absolute Gasteiger partial charge is 0.262 e. The topological polar surface area (TPSA) is 73.7 Å². The minimum absolute atomic E-state index is 0.00647. The van der Waals surface area contributed by atoms with Crippen LogP contribution in [0.4, 0.5) is 5.69 Å². The van der Waals surface area contributed by atoms with E-state index < -0.39 is 0 Å². The molecule has 4 aromatic rings. The van der Waals surface area contributed by atoms with Gasteiger partial charge in [-0.1, -0.05) is 48.2 Å². The molecule has 7 nitrogen and oxygen atoms in total. The molecule has 0 spiro atoms. The second-order valence-electron chi connectivity index (χ2n) is 8.20. The number of amides is 1. The van der Waals surface area contributed by atoms with Crippen molar-refractivity contribution in [2.24, 2.45) is 0 Å². The van der Waals surface area contributed by atoms with Gasteiger partial charge in [0.05, 0.1) is 23.2 Å². The van der Waals surface area contributed by atoms with E-state index in [1.165, 1.54) is 17.3 Å². The second-order valence-corrected chi connectivity index (χ2v) is 9.15. The van der Waals surface area contributed by atoms with Gasteiger partial charge in [0.1, 0.15) is 0 Å². The molecule has 0 radical (unpaired) electrons. The van der Waals surface area contributed by atoms with Gasteiger partial charge in [-0.2, -0.15) is 0 Å². The fourth-order valence-corrected chi connectivity index (χ4v) is 5.30. The van der Waals surface area contributed by atoms with Crippen molar-refractivity contribution in [2.45, 2.75) is 18.1 Å². The third-order valence-electron chi connectivity index (χ3n) is 6.12. The summed E-state index contributed by atoms with van der Waals surface area (Å²) in [6.45, 7) is 1.18. The number of ether oxygens (including phenoxy) is 2. The Bertz CT molecular complexity index is 1480. The van der Waals surface area contributed by atoms with Gasteiger partial charge in [0.25, 0.3) is 5.56 Å². The van der Waals surface area contributed by atoms with Gasteiger partial charge in [0, 0.05) is 12.2 Å². The second kappa shape index (κ2) is 8.53. The maximum atomic E-state index is 13.4. The molecule has 0 fully saturated rings. The summed E-state index contributed by atoms with van der Waals surface area (Å²) >= 11 is 1.30. The van der Waals surface area contributed by atoms with Crippen molar-refractivity contribution < 1.29 is 14.3 Å². The molecule has 0 atom stereocenters. The normalized spacial score (nSPS) is 13.9. The van der Waals surface area contributed by atoms with E-state index >= 15 is 0 Å². The van der Waals surface area contributed by atoms with Crippen molar-refractivity contribution >= 4 is 34.3 Å². The van der Waals surface area contributed by atoms with Crippen molar-refractivity contribution in [3.63, 3.8) is 0 Å². The Morgan fingerprint density at radius 2 is 1.82 bits per heavy atom. The van der Waals surface area contributed by atoms with Crippen molar-refractivity contribution in [1.29, 1.82) is 0 Å². The van der Waals surface area contributed by atoms with Crippen molar-refractivity contribution in [1.82, 2.24) is 9.55 Å². The van der Waals surface area contributed by atoms with E-state index in [-0.39, 0.29) is 24.0 Å². The molecule has 0 N–H and O–H groups in total. The molecule has 3 aromatic carbocycles. The number of carbonyl (C=O) groups excluding carboxylic acids is 1. The first-order valence-corrected chi connectivity index (χ1v) is 12.0. The van der Waals surface area contributed by atoms with Crippen LogP contribution in [0.2, 0.25) is 0 Å². The van der Waals surface area contributed by atoms with E-state index in [1.54, 1.807) is 10.6 Å². The molecule has 1 amide bonds. The van der Waals surface area contributed by atoms with Gasteiger partial charge in [-0.25, -0.2) is 4.98 Å². The summed E-state index contributed by atoms with van der Waals surface area (Å²) in [5, 5.41) is 1.06. The zero-order valence-electron chi connectivity index (χ0n) is 18.3. The van der Waals surface area contributed by atoms with E-state index in [1.807, 2.05) is 59.5 Å². The predicted molar refractivity (Wildman–Crippen MR) is 131 cm³/mol. The summed E-state index contributed by atoms with van der Waals surface area (Å²) in [4.78, 5) is 33.1. The molecule has 0 saturated carbocycles. The van der Waals surface area contributed by atoms with Crippen LogP contribution in [0.15, 0.2) is 76.7 Å². The lowest BCUT2D eigenvalue weighted by Gasteiger charge is -2.18. The van der Waals surface area contributed by atoms with Crippen molar-refractivity contribution in [3.8, 4) is 11.5 Å². The van der Waals surface area contributed by atoms with Crippen LogP contribution in [0, 0.1) is 0 Å². The summed E-state index contributed by atoms with van der Waals surface area (Å²) in [7, 11) is 0. The number of benzene rings is 3. The lowest BCUT2D eigenvalue weighted by molar-refractivity contribution is -0.116. The number of anilines is 1. The summed E-state index contributed by atoms with van der Waals surface area (Å²) in [5.41, 5.74) is 3.53. The van der Waals surface area contributed by atoms with E-state index in [0.29, 0.717) is 40.6 Å². The molecule has 0 bridgehead atoms. The molecule has 34 heavy (non-hydrogen) atoms. The Hall–Kier alpha value is -3.78. The van der Waals surface area contributed by atoms with Crippen LogP contribution >= 0.6 is 11.8 Å². The first kappa shape index (κ1) is 20.8. The molecule has 170 valence electrons. The minimum Gasteiger partial charge on any atom is -0.454 e. The molecular weight excluding hydrogens is 450 g/mol. The number of aromatic nitrogens is 2. The van der Waals surface area contributed by atoms with E-state index in [0.717, 1.165) is 17.7 Å². The van der Waals surface area contributed by atoms with E-state index in [9.17, 15) is 9.59 Å². The highest BCUT2D eigenvalue weighted by molar-refractivity contribution is 7.99. The average Bonchev–Trinajstić information content (AvgIpc) is 3.51. The Labute approximate surface area is 199 Å². The van der Waals surface area contributed by atoms with Crippen LogP contribution in [0.5, 0.6) is 11.5 Å². The third-order valence-corrected chi connectivity index (χ3v) is 7.08. The van der Waals surface area contributed by atoms with Crippen molar-refractivity contribution in [3.05, 3.63) is 88.2 Å². The lowest BCUT2D eigenvalue weighted by atomic mass is 10.2. The zero-order valence-corrected chi connectivity index (χ0v) is 19.1. The third kappa shape index (κ3) is 3.70. The first-order valence-electron chi connectivity index (χ1n) is 11.1. The molecule has 0 saturated heterocycles. The van der Waals surface area contributed by atoms with Gasteiger partial charge < -0.3 is 14.4 Å². The average molecular weight is 472 g/mol. The van der Waals surface area contributed by atoms with Crippen LogP contribution in [0.1, 0.15) is 11.1 Å². The number of fused-ring (bicyclic) bond motifs is 3. The fraction of sp³-hybridized carbons (Fsp3) is 0.192. The fourth-order valence-electron chi connectivity index (χ4n) is 4.42. The molecule has 1 aromatic heterocycles. The molecular formula is C26H21N3O4S. The Morgan fingerprint density at radius 1 is 1.00 bits per heavy atom. The Kier molecular flexibility index (Phi) is 5.22. The summed E-state index contributed by atoms with van der Waals surface area (Å²) in [6, 6.07) is 20.9. The molecule has 0 aliphatic carbocycles. The predicted octanol–water partition coefficient (Wildman–Crippen LogP) is 3.85. The molecule has 8 heteroatoms. The lowest BCUT2D eigenvalue weighted by Crippen LogP contribution is -2.31. The van der Waals surface area contributed by atoms with Gasteiger partial charge in [0.15, 0.2) is 16.7 Å². The van der Waals surface area contributed by atoms with Crippen LogP contribution in [0.25, 0.3) is 10.9 Å². The van der Waals surface area contributed by atoms with Gasteiger partial charge in [-0.15, -0.1) is 0 Å². The van der Waals surface area contributed by atoms with E-state index in [4.69, 9.17) is 14.5 Å². The minimum atomic E-state index is -0.135. The quantitative estimate of drug-likeness (QED) is 0.325. The van der Waals surface area contributed by atoms with Gasteiger partial charge >= 0.3 is 0 Å². The number of thioether (sulfide) groups is 1. The molecule has 2 aliphatic rings.